The lowest BCUT2D eigenvalue weighted by molar-refractivity contribution is -0.123. The van der Waals surface area contributed by atoms with Crippen molar-refractivity contribution in [2.75, 3.05) is 18.9 Å². The molecule has 1 N–H and O–H groups in total. The average Bonchev–Trinajstić information content (AvgIpc) is 3.18. The Morgan fingerprint density at radius 3 is 2.08 bits per heavy atom. The average molecular weight is 516 g/mol. The maximum atomic E-state index is 13.1. The predicted molar refractivity (Wildman–Crippen MR) is 148 cm³/mol. The van der Waals surface area contributed by atoms with Gasteiger partial charge in [0.05, 0.1) is 5.41 Å². The number of unbranched alkanes of at least 4 members (excludes halogenated alkanes) is 1. The van der Waals surface area contributed by atoms with Crippen LogP contribution in [0.25, 0.3) is 11.1 Å². The van der Waals surface area contributed by atoms with Crippen LogP contribution in [0.1, 0.15) is 82.3 Å². The van der Waals surface area contributed by atoms with Crippen LogP contribution >= 0.6 is 8.58 Å². The van der Waals surface area contributed by atoms with Gasteiger partial charge in [0.2, 0.25) is 0 Å². The number of nitrogens with one attached hydrogen (secondary N) is 1. The Morgan fingerprint density at radius 1 is 0.889 bits per heavy atom. The minimum Gasteiger partial charge on any atom is -0.379 e. The van der Waals surface area contributed by atoms with Gasteiger partial charge in [-0.15, -0.1) is 8.58 Å². The van der Waals surface area contributed by atoms with Crippen molar-refractivity contribution in [2.45, 2.75) is 82.7 Å². The first-order valence-corrected chi connectivity index (χ1v) is 15.1. The van der Waals surface area contributed by atoms with E-state index >= 15 is 0 Å². The van der Waals surface area contributed by atoms with Crippen LogP contribution in [-0.2, 0) is 5.41 Å². The molecule has 5 heteroatoms. The summed E-state index contributed by atoms with van der Waals surface area (Å²) in [6, 6.07) is 16.3. The molecule has 2 aliphatic rings. The molecule has 1 atom stereocenters. The molecule has 1 saturated carbocycles. The van der Waals surface area contributed by atoms with Crippen molar-refractivity contribution in [3.8, 4) is 11.1 Å². The Morgan fingerprint density at radius 2 is 1.50 bits per heavy atom. The third kappa shape index (κ3) is 5.85. The van der Waals surface area contributed by atoms with Crippen LogP contribution in [0.5, 0.6) is 0 Å². The second-order valence-electron chi connectivity index (χ2n) is 10.8. The Hall–Kier alpha value is -1.80. The van der Waals surface area contributed by atoms with Gasteiger partial charge in [-0.25, -0.2) is 0 Å². The molecule has 1 nitrogen and oxygen atoms in total. The fourth-order valence-electron chi connectivity index (χ4n) is 6.63. The first-order chi connectivity index (χ1) is 17.3. The second kappa shape index (κ2) is 11.7. The zero-order valence-electron chi connectivity index (χ0n) is 21.7. The summed E-state index contributed by atoms with van der Waals surface area (Å²) in [6.07, 6.45) is 10.8. The van der Waals surface area contributed by atoms with Gasteiger partial charge in [-0.1, -0.05) is 94.1 Å². The van der Waals surface area contributed by atoms with Gasteiger partial charge in [-0.05, 0) is 72.1 Å². The number of hydrogen-bond acceptors (Lipinski definition) is 1. The SMILES string of the molecule is C=C(NCC(F)(F)F)C1(CCCCPCCC2(CC)CCCCC2)c2ccccc2-c2ccccc21. The normalized spacial score (nSPS) is 18.2. The van der Waals surface area contributed by atoms with Gasteiger partial charge in [0.1, 0.15) is 6.54 Å². The van der Waals surface area contributed by atoms with Crippen molar-refractivity contribution in [3.05, 3.63) is 71.9 Å². The van der Waals surface area contributed by atoms with Crippen molar-refractivity contribution in [3.63, 3.8) is 0 Å². The van der Waals surface area contributed by atoms with E-state index < -0.39 is 18.1 Å². The summed E-state index contributed by atoms with van der Waals surface area (Å²) in [6.45, 7) is 5.51. The number of allylic oxidation sites excluding steroid dienone is 1. The van der Waals surface area contributed by atoms with E-state index in [2.05, 4.69) is 43.1 Å². The molecule has 0 saturated heterocycles. The first kappa shape index (κ1) is 27.2. The van der Waals surface area contributed by atoms with E-state index in [4.69, 9.17) is 0 Å². The van der Waals surface area contributed by atoms with Gasteiger partial charge < -0.3 is 5.32 Å². The molecule has 0 amide bonds. The summed E-state index contributed by atoms with van der Waals surface area (Å²) in [4.78, 5) is 0. The van der Waals surface area contributed by atoms with Crippen LogP contribution in [0, 0.1) is 5.41 Å². The zero-order chi connectivity index (χ0) is 25.7. The van der Waals surface area contributed by atoms with Crippen molar-refractivity contribution < 1.29 is 13.2 Å². The summed E-state index contributed by atoms with van der Waals surface area (Å²) in [5.74, 6) is 0. The molecule has 2 aromatic carbocycles. The fourth-order valence-corrected chi connectivity index (χ4v) is 8.09. The number of hydrogen-bond donors (Lipinski definition) is 1. The quantitative estimate of drug-likeness (QED) is 0.219. The van der Waals surface area contributed by atoms with Crippen LogP contribution in [0.4, 0.5) is 13.2 Å². The number of fused-ring (bicyclic) bond motifs is 3. The number of halogens is 3. The van der Waals surface area contributed by atoms with Crippen molar-refractivity contribution >= 4 is 8.58 Å². The molecular weight excluding hydrogens is 474 g/mol. The highest BCUT2D eigenvalue weighted by Gasteiger charge is 2.45. The first-order valence-electron chi connectivity index (χ1n) is 13.7. The molecule has 0 radical (unpaired) electrons. The van der Waals surface area contributed by atoms with Crippen molar-refractivity contribution in [1.29, 1.82) is 0 Å². The highest BCUT2D eigenvalue weighted by atomic mass is 31.1. The third-order valence-electron chi connectivity index (χ3n) is 8.73. The highest BCUT2D eigenvalue weighted by Crippen LogP contribution is 2.54. The standard InChI is InChI=1S/C31H41F3NP/c1-3-29(17-9-4-10-18-29)20-22-36-21-12-11-19-30(24(2)35-23-31(32,33)34)27-15-7-5-13-25(27)26-14-6-8-16-28(26)30/h5-8,13-16,35-36H,2-4,9-12,17-23H2,1H3. The van der Waals surface area contributed by atoms with E-state index in [0.29, 0.717) is 11.1 Å². The number of benzene rings is 2. The summed E-state index contributed by atoms with van der Waals surface area (Å²) >= 11 is 0. The van der Waals surface area contributed by atoms with E-state index in [1.807, 2.05) is 24.3 Å². The molecule has 1 fully saturated rings. The van der Waals surface area contributed by atoms with Crippen LogP contribution in [0.15, 0.2) is 60.8 Å². The van der Waals surface area contributed by atoms with Gasteiger partial charge >= 0.3 is 6.18 Å². The molecule has 0 aromatic heterocycles. The molecule has 0 bridgehead atoms. The van der Waals surface area contributed by atoms with E-state index in [1.54, 1.807) is 0 Å². The monoisotopic (exact) mass is 515 g/mol. The molecule has 196 valence electrons. The van der Waals surface area contributed by atoms with Crippen LogP contribution < -0.4 is 5.32 Å². The summed E-state index contributed by atoms with van der Waals surface area (Å²) in [5, 5.41) is 2.68. The summed E-state index contributed by atoms with van der Waals surface area (Å²) in [5.41, 5.74) is 4.81. The van der Waals surface area contributed by atoms with E-state index in [1.165, 1.54) is 57.3 Å². The van der Waals surface area contributed by atoms with Gasteiger partial charge in [0.25, 0.3) is 0 Å². The Bertz CT molecular complexity index is 977. The number of alkyl halides is 3. The fraction of sp³-hybridized carbons (Fsp3) is 0.548. The van der Waals surface area contributed by atoms with E-state index in [0.717, 1.165) is 50.1 Å². The van der Waals surface area contributed by atoms with Gasteiger partial charge in [0.15, 0.2) is 0 Å². The van der Waals surface area contributed by atoms with E-state index in [9.17, 15) is 13.2 Å². The molecule has 0 aliphatic heterocycles. The zero-order valence-corrected chi connectivity index (χ0v) is 22.7. The Balaban J connectivity index is 1.43. The lowest BCUT2D eigenvalue weighted by Gasteiger charge is -2.36. The molecule has 1 unspecified atom stereocenters. The summed E-state index contributed by atoms with van der Waals surface area (Å²) in [7, 11) is 0.977. The van der Waals surface area contributed by atoms with Crippen molar-refractivity contribution in [2.24, 2.45) is 5.41 Å². The molecule has 36 heavy (non-hydrogen) atoms. The minimum atomic E-state index is -4.28. The molecule has 0 spiro atoms. The van der Waals surface area contributed by atoms with Crippen LogP contribution in [0.2, 0.25) is 0 Å². The Kier molecular flexibility index (Phi) is 8.87. The van der Waals surface area contributed by atoms with Gasteiger partial charge in [-0.3, -0.25) is 0 Å². The molecule has 2 aliphatic carbocycles. The van der Waals surface area contributed by atoms with Gasteiger partial charge in [-0.2, -0.15) is 13.2 Å². The summed E-state index contributed by atoms with van der Waals surface area (Å²) < 4.78 is 39.4. The highest BCUT2D eigenvalue weighted by molar-refractivity contribution is 7.37. The van der Waals surface area contributed by atoms with E-state index in [-0.39, 0.29) is 0 Å². The molecular formula is C31H41F3NP. The van der Waals surface area contributed by atoms with Gasteiger partial charge in [0, 0.05) is 5.70 Å². The number of rotatable bonds is 12. The van der Waals surface area contributed by atoms with Crippen LogP contribution in [0.3, 0.4) is 0 Å². The molecule has 2 aromatic rings. The topological polar surface area (TPSA) is 12.0 Å². The largest absolute Gasteiger partial charge is 0.405 e. The maximum Gasteiger partial charge on any atom is 0.405 e. The predicted octanol–water partition coefficient (Wildman–Crippen LogP) is 9.22. The lowest BCUT2D eigenvalue weighted by Crippen LogP contribution is -2.39. The molecule has 0 heterocycles. The minimum absolute atomic E-state index is 0.460. The Labute approximate surface area is 217 Å². The smallest absolute Gasteiger partial charge is 0.379 e. The van der Waals surface area contributed by atoms with Crippen LogP contribution in [-0.4, -0.2) is 25.0 Å². The third-order valence-corrected chi connectivity index (χ3v) is 10.0. The maximum absolute atomic E-state index is 13.1. The lowest BCUT2D eigenvalue weighted by atomic mass is 9.70. The second-order valence-corrected chi connectivity index (χ2v) is 12.3. The van der Waals surface area contributed by atoms with Crippen molar-refractivity contribution in [1.82, 2.24) is 5.32 Å². The molecule has 4 rings (SSSR count).